The molecule has 0 spiro atoms. The second-order valence-electron chi connectivity index (χ2n) is 3.94. The van der Waals surface area contributed by atoms with Crippen LogP contribution in [0.4, 0.5) is 5.69 Å². The van der Waals surface area contributed by atoms with Crippen molar-refractivity contribution in [1.29, 1.82) is 5.26 Å². The first-order valence-electron chi connectivity index (χ1n) is 5.47. The van der Waals surface area contributed by atoms with Crippen LogP contribution in [0.25, 0.3) is 0 Å². The van der Waals surface area contributed by atoms with Gasteiger partial charge < -0.3 is 5.32 Å². The van der Waals surface area contributed by atoms with Gasteiger partial charge >= 0.3 is 0 Å². The van der Waals surface area contributed by atoms with Crippen molar-refractivity contribution in [2.75, 3.05) is 5.32 Å². The van der Waals surface area contributed by atoms with Crippen LogP contribution < -0.4 is 5.32 Å². The van der Waals surface area contributed by atoms with Crippen molar-refractivity contribution in [3.63, 3.8) is 0 Å². The fourth-order valence-corrected chi connectivity index (χ4v) is 2.46. The van der Waals surface area contributed by atoms with E-state index in [9.17, 15) is 0 Å². The van der Waals surface area contributed by atoms with Crippen LogP contribution in [0.1, 0.15) is 11.1 Å². The Morgan fingerprint density at radius 1 is 1.00 bits per heavy atom. The first-order valence-corrected chi connectivity index (χ1v) is 6.60. The van der Waals surface area contributed by atoms with Gasteiger partial charge in [0.2, 0.25) is 0 Å². The van der Waals surface area contributed by atoms with Gasteiger partial charge in [0, 0.05) is 16.6 Å². The minimum Gasteiger partial charge on any atom is -0.380 e. The highest BCUT2D eigenvalue weighted by Gasteiger charge is 2.03. The van der Waals surface area contributed by atoms with E-state index in [4.69, 9.17) is 40.1 Å². The summed E-state index contributed by atoms with van der Waals surface area (Å²) in [6.07, 6.45) is 0. The van der Waals surface area contributed by atoms with Gasteiger partial charge in [-0.1, -0.05) is 34.8 Å². The molecule has 0 unspecified atom stereocenters. The summed E-state index contributed by atoms with van der Waals surface area (Å²) >= 11 is 17.9. The molecule has 0 aliphatic carbocycles. The highest BCUT2D eigenvalue weighted by atomic mass is 35.5. The van der Waals surface area contributed by atoms with Gasteiger partial charge in [0.25, 0.3) is 0 Å². The van der Waals surface area contributed by atoms with Crippen molar-refractivity contribution in [2.45, 2.75) is 6.54 Å². The second-order valence-corrected chi connectivity index (χ2v) is 5.22. The van der Waals surface area contributed by atoms with Gasteiger partial charge in [0.1, 0.15) is 0 Å². The number of halogens is 3. The van der Waals surface area contributed by atoms with Gasteiger partial charge in [0.15, 0.2) is 0 Å². The number of nitriles is 1. The highest BCUT2D eigenvalue weighted by Crippen LogP contribution is 2.24. The summed E-state index contributed by atoms with van der Waals surface area (Å²) < 4.78 is 0. The van der Waals surface area contributed by atoms with E-state index >= 15 is 0 Å². The molecule has 2 aromatic carbocycles. The molecule has 0 bridgehead atoms. The van der Waals surface area contributed by atoms with Crippen LogP contribution in [0.15, 0.2) is 36.4 Å². The normalized spacial score (nSPS) is 10.0. The minimum absolute atomic E-state index is 0.507. The van der Waals surface area contributed by atoms with E-state index in [-0.39, 0.29) is 0 Å². The van der Waals surface area contributed by atoms with Gasteiger partial charge in [-0.2, -0.15) is 5.26 Å². The maximum atomic E-state index is 8.76. The predicted molar refractivity (Wildman–Crippen MR) is 80.0 cm³/mol. The Labute approximate surface area is 126 Å². The first kappa shape index (κ1) is 14.0. The van der Waals surface area contributed by atoms with Crippen molar-refractivity contribution in [1.82, 2.24) is 0 Å². The number of hydrogen-bond donors (Lipinski definition) is 1. The van der Waals surface area contributed by atoms with Gasteiger partial charge in [-0.15, -0.1) is 0 Å². The number of benzene rings is 2. The quantitative estimate of drug-likeness (QED) is 0.853. The Bertz CT molecular complexity index is 627. The van der Waals surface area contributed by atoms with E-state index in [1.807, 2.05) is 18.2 Å². The van der Waals surface area contributed by atoms with Crippen molar-refractivity contribution in [3.05, 3.63) is 62.6 Å². The zero-order chi connectivity index (χ0) is 13.8. The molecule has 0 heterocycles. The molecular weight excluding hydrogens is 303 g/mol. The maximum Gasteiger partial charge on any atom is 0.0992 e. The Morgan fingerprint density at radius 2 is 1.68 bits per heavy atom. The van der Waals surface area contributed by atoms with Crippen LogP contribution in [0.3, 0.4) is 0 Å². The summed E-state index contributed by atoms with van der Waals surface area (Å²) in [4.78, 5) is 0. The lowest BCUT2D eigenvalue weighted by molar-refractivity contribution is 1.15. The number of hydrogen-bond acceptors (Lipinski definition) is 2. The number of anilines is 1. The summed E-state index contributed by atoms with van der Waals surface area (Å²) in [7, 11) is 0. The molecule has 2 nitrogen and oxygen atoms in total. The van der Waals surface area contributed by atoms with Gasteiger partial charge in [-0.25, -0.2) is 0 Å². The molecule has 2 rings (SSSR count). The molecule has 5 heteroatoms. The van der Waals surface area contributed by atoms with Crippen LogP contribution in [0.5, 0.6) is 0 Å². The molecular formula is C14H9Cl3N2. The summed E-state index contributed by atoms with van der Waals surface area (Å²) in [5.74, 6) is 0. The molecule has 19 heavy (non-hydrogen) atoms. The van der Waals surface area contributed by atoms with E-state index in [1.165, 1.54) is 0 Å². The van der Waals surface area contributed by atoms with E-state index in [2.05, 4.69) is 5.32 Å². The average Bonchev–Trinajstić information content (AvgIpc) is 2.36. The molecule has 0 radical (unpaired) electrons. The fourth-order valence-electron chi connectivity index (χ4n) is 1.64. The molecule has 0 fully saturated rings. The van der Waals surface area contributed by atoms with Crippen LogP contribution >= 0.6 is 34.8 Å². The Balaban J connectivity index is 2.12. The highest BCUT2D eigenvalue weighted by molar-refractivity contribution is 6.34. The van der Waals surface area contributed by atoms with Gasteiger partial charge in [-0.3, -0.25) is 0 Å². The molecule has 1 N–H and O–H groups in total. The zero-order valence-electron chi connectivity index (χ0n) is 9.75. The van der Waals surface area contributed by atoms with E-state index in [0.717, 1.165) is 11.3 Å². The van der Waals surface area contributed by atoms with E-state index < -0.39 is 0 Å². The Hall–Kier alpha value is -1.40. The fraction of sp³-hybridized carbons (Fsp3) is 0.0714. The molecule has 0 saturated carbocycles. The third-order valence-corrected chi connectivity index (χ3v) is 3.25. The molecule has 0 atom stereocenters. The summed E-state index contributed by atoms with van der Waals surface area (Å²) in [6, 6.07) is 12.5. The minimum atomic E-state index is 0.507. The topological polar surface area (TPSA) is 35.8 Å². The number of rotatable bonds is 3. The monoisotopic (exact) mass is 310 g/mol. The third-order valence-electron chi connectivity index (χ3n) is 2.50. The molecule has 0 aliphatic heterocycles. The SMILES string of the molecule is N#Cc1ccc(NCc2cc(Cl)cc(Cl)c2)c(Cl)c1. The van der Waals surface area contributed by atoms with Crippen LogP contribution in [0.2, 0.25) is 15.1 Å². The maximum absolute atomic E-state index is 8.76. The van der Waals surface area contributed by atoms with E-state index in [0.29, 0.717) is 27.2 Å². The largest absolute Gasteiger partial charge is 0.380 e. The Kier molecular flexibility index (Phi) is 4.55. The summed E-state index contributed by atoms with van der Waals surface area (Å²) in [6.45, 7) is 0.548. The van der Waals surface area contributed by atoms with Crippen LogP contribution in [-0.4, -0.2) is 0 Å². The molecule has 0 aliphatic rings. The lowest BCUT2D eigenvalue weighted by Crippen LogP contribution is -2.00. The van der Waals surface area contributed by atoms with Crippen molar-refractivity contribution in [3.8, 4) is 6.07 Å². The average molecular weight is 312 g/mol. The Morgan fingerprint density at radius 3 is 2.26 bits per heavy atom. The van der Waals surface area contributed by atoms with Gasteiger partial charge in [0.05, 0.1) is 22.3 Å². The summed E-state index contributed by atoms with van der Waals surface area (Å²) in [5.41, 5.74) is 2.25. The summed E-state index contributed by atoms with van der Waals surface area (Å²) in [5, 5.41) is 13.6. The number of nitrogens with zero attached hydrogens (tertiary/aromatic N) is 1. The van der Waals surface area contributed by atoms with Gasteiger partial charge in [-0.05, 0) is 42.0 Å². The molecule has 2 aromatic rings. The molecule has 0 amide bonds. The van der Waals surface area contributed by atoms with Crippen molar-refractivity contribution in [2.24, 2.45) is 0 Å². The standard InChI is InChI=1S/C14H9Cl3N2/c15-11-3-10(4-12(16)6-11)8-19-14-2-1-9(7-18)5-13(14)17/h1-6,19H,8H2. The number of nitrogens with one attached hydrogen (secondary N) is 1. The zero-order valence-corrected chi connectivity index (χ0v) is 12.0. The molecule has 0 aromatic heterocycles. The van der Waals surface area contributed by atoms with Crippen molar-refractivity contribution < 1.29 is 0 Å². The second kappa shape index (κ2) is 6.16. The molecule has 96 valence electrons. The third kappa shape index (κ3) is 3.78. The predicted octanol–water partition coefficient (Wildman–Crippen LogP) is 5.13. The first-order chi connectivity index (χ1) is 9.08. The lowest BCUT2D eigenvalue weighted by atomic mass is 10.2. The lowest BCUT2D eigenvalue weighted by Gasteiger charge is -2.09. The van der Waals surface area contributed by atoms with E-state index in [1.54, 1.807) is 24.3 Å². The molecule has 0 saturated heterocycles. The smallest absolute Gasteiger partial charge is 0.0992 e. The van der Waals surface area contributed by atoms with Crippen LogP contribution in [0, 0.1) is 11.3 Å². The van der Waals surface area contributed by atoms with Crippen LogP contribution in [-0.2, 0) is 6.54 Å². The van der Waals surface area contributed by atoms with Crippen molar-refractivity contribution >= 4 is 40.5 Å².